The second-order valence-electron chi connectivity index (χ2n) is 8.59. The highest BCUT2D eigenvalue weighted by Gasteiger charge is 2.28. The number of nitrogen functional groups attached to an aromatic ring is 1. The highest BCUT2D eigenvalue weighted by molar-refractivity contribution is 5.97. The lowest BCUT2D eigenvalue weighted by molar-refractivity contribution is 0.0141. The minimum absolute atomic E-state index is 0.0133. The van der Waals surface area contributed by atoms with E-state index >= 15 is 0 Å². The fourth-order valence-electron chi connectivity index (χ4n) is 3.51. The number of carbonyl (C=O) groups is 3. The number of esters is 1. The largest absolute Gasteiger partial charge is 0.464 e. The second kappa shape index (κ2) is 9.24. The van der Waals surface area contributed by atoms with Crippen LogP contribution in [0.25, 0.3) is 5.69 Å². The average molecular weight is 453 g/mol. The number of amides is 2. The summed E-state index contributed by atoms with van der Waals surface area (Å²) in [7, 11) is 1.22. The fraction of sp³-hybridized carbons (Fsp3) is 0.391. The molecule has 0 saturated carbocycles. The second-order valence-corrected chi connectivity index (χ2v) is 8.59. The predicted molar refractivity (Wildman–Crippen MR) is 120 cm³/mol. The first-order valence-electron chi connectivity index (χ1n) is 10.4. The number of ether oxygens (including phenoxy) is 2. The molecule has 2 amide bonds. The Morgan fingerprint density at radius 3 is 2.30 bits per heavy atom. The maximum absolute atomic E-state index is 13.1. The summed E-state index contributed by atoms with van der Waals surface area (Å²) in [6.45, 7) is 6.89. The van der Waals surface area contributed by atoms with E-state index < -0.39 is 17.7 Å². The summed E-state index contributed by atoms with van der Waals surface area (Å²) in [5.41, 5.74) is 6.43. The normalized spacial score (nSPS) is 13.9. The van der Waals surface area contributed by atoms with Crippen LogP contribution in [0.1, 0.15) is 47.2 Å². The summed E-state index contributed by atoms with van der Waals surface area (Å²) in [6, 6.07) is 8.62. The van der Waals surface area contributed by atoms with Crippen molar-refractivity contribution in [1.29, 1.82) is 5.26 Å². The molecule has 2 heterocycles. The third kappa shape index (κ3) is 5.09. The molecule has 1 aromatic heterocycles. The Balaban J connectivity index is 1.79. The molecule has 33 heavy (non-hydrogen) atoms. The van der Waals surface area contributed by atoms with E-state index in [0.29, 0.717) is 37.4 Å². The number of anilines is 1. The molecular formula is C23H27N5O5. The number of methoxy groups -OCH3 is 1. The number of aromatic nitrogens is 1. The molecule has 174 valence electrons. The first-order chi connectivity index (χ1) is 15.6. The molecule has 0 radical (unpaired) electrons. The van der Waals surface area contributed by atoms with Crippen LogP contribution >= 0.6 is 0 Å². The van der Waals surface area contributed by atoms with Crippen LogP contribution in [-0.2, 0) is 9.47 Å². The minimum atomic E-state index is -0.691. The van der Waals surface area contributed by atoms with Crippen LogP contribution in [0.2, 0.25) is 0 Å². The van der Waals surface area contributed by atoms with Crippen LogP contribution in [0.4, 0.5) is 10.5 Å². The van der Waals surface area contributed by atoms with E-state index in [1.54, 1.807) is 54.8 Å². The molecule has 2 N–H and O–H groups in total. The van der Waals surface area contributed by atoms with Gasteiger partial charge in [-0.3, -0.25) is 4.79 Å². The molecule has 0 bridgehead atoms. The van der Waals surface area contributed by atoms with Gasteiger partial charge in [0, 0.05) is 43.6 Å². The van der Waals surface area contributed by atoms with E-state index in [0.717, 1.165) is 0 Å². The molecule has 1 saturated heterocycles. The van der Waals surface area contributed by atoms with Crippen LogP contribution in [-0.4, -0.2) is 71.2 Å². The SMILES string of the molecule is COC(=O)c1c(N)c(C#N)cn1-c1cccc(C(=O)N2CCN(C(=O)OC(C)(C)C)CC2)c1. The molecule has 10 heteroatoms. The fourth-order valence-corrected chi connectivity index (χ4v) is 3.51. The summed E-state index contributed by atoms with van der Waals surface area (Å²) < 4.78 is 11.6. The van der Waals surface area contributed by atoms with Crippen LogP contribution in [0.3, 0.4) is 0 Å². The first-order valence-corrected chi connectivity index (χ1v) is 10.4. The number of hydrogen-bond donors (Lipinski definition) is 1. The maximum atomic E-state index is 13.1. The minimum Gasteiger partial charge on any atom is -0.464 e. The summed E-state index contributed by atoms with van der Waals surface area (Å²) >= 11 is 0. The highest BCUT2D eigenvalue weighted by atomic mass is 16.6. The van der Waals surface area contributed by atoms with E-state index in [1.165, 1.54) is 17.9 Å². The van der Waals surface area contributed by atoms with E-state index in [-0.39, 0.29) is 22.9 Å². The Hall–Kier alpha value is -4.00. The van der Waals surface area contributed by atoms with Gasteiger partial charge in [-0.25, -0.2) is 9.59 Å². The zero-order valence-electron chi connectivity index (χ0n) is 19.1. The lowest BCUT2D eigenvalue weighted by Crippen LogP contribution is -2.51. The van der Waals surface area contributed by atoms with Crippen molar-refractivity contribution < 1.29 is 23.9 Å². The van der Waals surface area contributed by atoms with Crippen molar-refractivity contribution in [1.82, 2.24) is 14.4 Å². The van der Waals surface area contributed by atoms with Crippen molar-refractivity contribution in [2.24, 2.45) is 0 Å². The zero-order chi connectivity index (χ0) is 24.3. The van der Waals surface area contributed by atoms with Gasteiger partial charge in [0.15, 0.2) is 5.69 Å². The number of nitrogens with two attached hydrogens (primary N) is 1. The third-order valence-corrected chi connectivity index (χ3v) is 5.13. The van der Waals surface area contributed by atoms with Gasteiger partial charge in [-0.05, 0) is 39.0 Å². The molecule has 0 spiro atoms. The molecule has 0 atom stereocenters. The first kappa shape index (κ1) is 23.7. The van der Waals surface area contributed by atoms with Gasteiger partial charge in [-0.1, -0.05) is 6.07 Å². The molecule has 1 aliphatic heterocycles. The van der Waals surface area contributed by atoms with Gasteiger partial charge in [0.05, 0.1) is 18.4 Å². The Morgan fingerprint density at radius 1 is 1.09 bits per heavy atom. The standard InChI is InChI=1S/C23H27N5O5/c1-23(2,3)33-22(31)27-10-8-26(9-11-27)20(29)15-6-5-7-17(12-15)28-14-16(13-24)18(25)19(28)21(30)32-4/h5-7,12,14H,8-11,25H2,1-4H3. The molecule has 3 rings (SSSR count). The molecule has 1 aromatic carbocycles. The molecule has 10 nitrogen and oxygen atoms in total. The van der Waals surface area contributed by atoms with Gasteiger partial charge in [0.2, 0.25) is 0 Å². The van der Waals surface area contributed by atoms with Crippen molar-refractivity contribution >= 4 is 23.7 Å². The van der Waals surface area contributed by atoms with E-state index in [9.17, 15) is 19.6 Å². The molecule has 0 unspecified atom stereocenters. The van der Waals surface area contributed by atoms with E-state index in [4.69, 9.17) is 15.2 Å². The summed E-state index contributed by atoms with van der Waals surface area (Å²) in [5, 5.41) is 9.30. The Morgan fingerprint density at radius 2 is 1.73 bits per heavy atom. The topological polar surface area (TPSA) is 131 Å². The predicted octanol–water partition coefficient (Wildman–Crippen LogP) is 2.41. The zero-order valence-corrected chi connectivity index (χ0v) is 19.1. The number of hydrogen-bond acceptors (Lipinski definition) is 7. The van der Waals surface area contributed by atoms with Crippen LogP contribution in [0.15, 0.2) is 30.5 Å². The van der Waals surface area contributed by atoms with Gasteiger partial charge in [0.25, 0.3) is 5.91 Å². The molecule has 0 aliphatic carbocycles. The quantitative estimate of drug-likeness (QED) is 0.706. The monoisotopic (exact) mass is 453 g/mol. The van der Waals surface area contributed by atoms with Crippen molar-refractivity contribution in [3.63, 3.8) is 0 Å². The van der Waals surface area contributed by atoms with E-state index in [1.807, 2.05) is 6.07 Å². The summed E-state index contributed by atoms with van der Waals surface area (Å²) in [4.78, 5) is 40.8. The van der Waals surface area contributed by atoms with Crippen molar-refractivity contribution in [2.45, 2.75) is 26.4 Å². The number of rotatable bonds is 3. The Labute approximate surface area is 192 Å². The maximum Gasteiger partial charge on any atom is 0.410 e. The van der Waals surface area contributed by atoms with Gasteiger partial charge < -0.3 is 29.6 Å². The smallest absolute Gasteiger partial charge is 0.410 e. The highest BCUT2D eigenvalue weighted by Crippen LogP contribution is 2.25. The van der Waals surface area contributed by atoms with Crippen LogP contribution < -0.4 is 5.73 Å². The number of carbonyl (C=O) groups excluding carboxylic acids is 3. The molecule has 2 aromatic rings. The molecule has 1 fully saturated rings. The number of piperazine rings is 1. The van der Waals surface area contributed by atoms with Crippen molar-refractivity contribution in [2.75, 3.05) is 39.0 Å². The lowest BCUT2D eigenvalue weighted by Gasteiger charge is -2.35. The van der Waals surface area contributed by atoms with Gasteiger partial charge >= 0.3 is 12.1 Å². The summed E-state index contributed by atoms with van der Waals surface area (Å²) in [5.74, 6) is -0.898. The third-order valence-electron chi connectivity index (χ3n) is 5.13. The number of benzene rings is 1. The number of nitriles is 1. The van der Waals surface area contributed by atoms with Crippen molar-refractivity contribution in [3.8, 4) is 11.8 Å². The van der Waals surface area contributed by atoms with E-state index in [2.05, 4.69) is 0 Å². The van der Waals surface area contributed by atoms with Gasteiger partial charge in [0.1, 0.15) is 11.7 Å². The Kier molecular flexibility index (Phi) is 6.62. The van der Waals surface area contributed by atoms with Crippen LogP contribution in [0.5, 0.6) is 0 Å². The average Bonchev–Trinajstić information content (AvgIpc) is 3.13. The number of nitrogens with zero attached hydrogens (tertiary/aromatic N) is 4. The lowest BCUT2D eigenvalue weighted by atomic mass is 10.1. The molecule has 1 aliphatic rings. The van der Waals surface area contributed by atoms with Crippen molar-refractivity contribution in [3.05, 3.63) is 47.3 Å². The van der Waals surface area contributed by atoms with Gasteiger partial charge in [-0.2, -0.15) is 5.26 Å². The van der Waals surface area contributed by atoms with Crippen LogP contribution in [0, 0.1) is 11.3 Å². The van der Waals surface area contributed by atoms with Gasteiger partial charge in [-0.15, -0.1) is 0 Å². The Bertz CT molecular complexity index is 1120. The summed E-state index contributed by atoms with van der Waals surface area (Å²) in [6.07, 6.45) is 1.04. The molecular weight excluding hydrogens is 426 g/mol.